The molecule has 2 N–H and O–H groups in total. The monoisotopic (exact) mass is 321 g/mol. The Kier molecular flexibility index (Phi) is 4.22. The van der Waals surface area contributed by atoms with Gasteiger partial charge in [-0.1, -0.05) is 36.4 Å². The molecule has 0 aromatic heterocycles. The fourth-order valence-electron chi connectivity index (χ4n) is 3.67. The first-order chi connectivity index (χ1) is 11.8. The number of hydrogen-bond donors (Lipinski definition) is 2. The summed E-state index contributed by atoms with van der Waals surface area (Å²) in [5, 5.41) is 6.42. The molecule has 0 radical (unpaired) electrons. The number of urea groups is 1. The highest BCUT2D eigenvalue weighted by Gasteiger charge is 2.23. The van der Waals surface area contributed by atoms with E-state index >= 15 is 0 Å². The molecule has 0 spiro atoms. The second-order valence-electron chi connectivity index (χ2n) is 6.70. The Labute approximate surface area is 142 Å². The number of rotatable bonds is 2. The van der Waals surface area contributed by atoms with E-state index in [4.69, 9.17) is 0 Å². The van der Waals surface area contributed by atoms with Crippen molar-refractivity contribution < 1.29 is 4.79 Å². The van der Waals surface area contributed by atoms with Crippen molar-refractivity contribution in [3.63, 3.8) is 0 Å². The topological polar surface area (TPSA) is 44.4 Å². The molecule has 2 aromatic rings. The largest absolute Gasteiger partial charge is 0.322 e. The SMILES string of the molecule is O=C(Nc1ccc(C2CCNCC2)cc1)N1Cc2ccccc2C1. The lowest BCUT2D eigenvalue weighted by Gasteiger charge is -2.23. The molecule has 2 aliphatic rings. The van der Waals surface area contributed by atoms with Crippen LogP contribution in [0, 0.1) is 0 Å². The predicted molar refractivity (Wildman–Crippen MR) is 96.0 cm³/mol. The number of hydrogen-bond acceptors (Lipinski definition) is 2. The third-order valence-electron chi connectivity index (χ3n) is 5.10. The van der Waals surface area contributed by atoms with Gasteiger partial charge in [0.15, 0.2) is 0 Å². The van der Waals surface area contributed by atoms with Crippen LogP contribution in [0.15, 0.2) is 48.5 Å². The molecule has 24 heavy (non-hydrogen) atoms. The van der Waals surface area contributed by atoms with Crippen LogP contribution < -0.4 is 10.6 Å². The van der Waals surface area contributed by atoms with Crippen LogP contribution in [0.5, 0.6) is 0 Å². The van der Waals surface area contributed by atoms with Gasteiger partial charge in [0.05, 0.1) is 0 Å². The van der Waals surface area contributed by atoms with Gasteiger partial charge in [0, 0.05) is 18.8 Å². The van der Waals surface area contributed by atoms with E-state index in [1.165, 1.54) is 29.5 Å². The molecule has 2 aliphatic heterocycles. The lowest BCUT2D eigenvalue weighted by Crippen LogP contribution is -2.30. The molecule has 4 rings (SSSR count). The second-order valence-corrected chi connectivity index (χ2v) is 6.70. The lowest BCUT2D eigenvalue weighted by atomic mass is 9.90. The van der Waals surface area contributed by atoms with Crippen LogP contribution in [-0.2, 0) is 13.1 Å². The van der Waals surface area contributed by atoms with Crippen molar-refractivity contribution in [1.29, 1.82) is 0 Å². The van der Waals surface area contributed by atoms with Gasteiger partial charge in [0.2, 0.25) is 0 Å². The molecule has 1 saturated heterocycles. The Morgan fingerprint density at radius 2 is 1.58 bits per heavy atom. The number of nitrogens with one attached hydrogen (secondary N) is 2. The summed E-state index contributed by atoms with van der Waals surface area (Å²) in [6.07, 6.45) is 2.38. The van der Waals surface area contributed by atoms with Crippen molar-refractivity contribution in [2.75, 3.05) is 18.4 Å². The summed E-state index contributed by atoms with van der Waals surface area (Å²) >= 11 is 0. The average molecular weight is 321 g/mol. The number of benzene rings is 2. The van der Waals surface area contributed by atoms with Crippen LogP contribution in [0.2, 0.25) is 0 Å². The zero-order chi connectivity index (χ0) is 16.4. The van der Waals surface area contributed by atoms with E-state index in [1.54, 1.807) is 0 Å². The first-order valence-electron chi connectivity index (χ1n) is 8.73. The normalized spacial score (nSPS) is 17.6. The highest BCUT2D eigenvalue weighted by Crippen LogP contribution is 2.27. The fourth-order valence-corrected chi connectivity index (χ4v) is 3.67. The zero-order valence-corrected chi connectivity index (χ0v) is 13.8. The fraction of sp³-hybridized carbons (Fsp3) is 0.350. The summed E-state index contributed by atoms with van der Waals surface area (Å²) in [7, 11) is 0. The van der Waals surface area contributed by atoms with E-state index < -0.39 is 0 Å². The Bertz CT molecular complexity index is 695. The number of carbonyl (C=O) groups excluding carboxylic acids is 1. The van der Waals surface area contributed by atoms with E-state index in [-0.39, 0.29) is 6.03 Å². The van der Waals surface area contributed by atoms with Gasteiger partial charge >= 0.3 is 6.03 Å². The highest BCUT2D eigenvalue weighted by molar-refractivity contribution is 5.89. The van der Waals surface area contributed by atoms with Gasteiger partial charge in [0.1, 0.15) is 0 Å². The number of carbonyl (C=O) groups is 1. The minimum Gasteiger partial charge on any atom is -0.317 e. The second kappa shape index (κ2) is 6.65. The van der Waals surface area contributed by atoms with Crippen molar-refractivity contribution in [3.8, 4) is 0 Å². The van der Waals surface area contributed by atoms with Gasteiger partial charge in [-0.2, -0.15) is 0 Å². The number of nitrogens with zero attached hydrogens (tertiary/aromatic N) is 1. The summed E-state index contributed by atoms with van der Waals surface area (Å²) in [6.45, 7) is 3.57. The number of anilines is 1. The van der Waals surface area contributed by atoms with E-state index in [0.717, 1.165) is 18.8 Å². The molecule has 0 saturated carbocycles. The van der Waals surface area contributed by atoms with E-state index in [9.17, 15) is 4.79 Å². The van der Waals surface area contributed by atoms with Crippen LogP contribution in [-0.4, -0.2) is 24.0 Å². The van der Waals surface area contributed by atoms with Gasteiger partial charge in [0.25, 0.3) is 0 Å². The number of fused-ring (bicyclic) bond motifs is 1. The van der Waals surface area contributed by atoms with Gasteiger partial charge in [-0.25, -0.2) is 4.79 Å². The van der Waals surface area contributed by atoms with Crippen molar-refractivity contribution in [2.24, 2.45) is 0 Å². The first-order valence-corrected chi connectivity index (χ1v) is 8.73. The minimum absolute atomic E-state index is 0.0270. The molecule has 1 fully saturated rings. The molecule has 124 valence electrons. The zero-order valence-electron chi connectivity index (χ0n) is 13.8. The smallest absolute Gasteiger partial charge is 0.317 e. The Hall–Kier alpha value is -2.33. The summed E-state index contributed by atoms with van der Waals surface area (Å²) in [6, 6.07) is 16.6. The Morgan fingerprint density at radius 3 is 2.21 bits per heavy atom. The maximum atomic E-state index is 12.5. The molecule has 4 nitrogen and oxygen atoms in total. The van der Waals surface area contributed by atoms with Crippen LogP contribution in [0.1, 0.15) is 35.4 Å². The van der Waals surface area contributed by atoms with Gasteiger partial charge in [-0.3, -0.25) is 0 Å². The van der Waals surface area contributed by atoms with E-state index in [0.29, 0.717) is 19.0 Å². The van der Waals surface area contributed by atoms with Crippen LogP contribution in [0.3, 0.4) is 0 Å². The van der Waals surface area contributed by atoms with Crippen LogP contribution in [0.4, 0.5) is 10.5 Å². The summed E-state index contributed by atoms with van der Waals surface area (Å²) in [4.78, 5) is 14.3. The molecule has 0 aliphatic carbocycles. The van der Waals surface area contributed by atoms with Crippen molar-refractivity contribution in [1.82, 2.24) is 10.2 Å². The summed E-state index contributed by atoms with van der Waals surface area (Å²) in [5.41, 5.74) is 4.74. The molecular formula is C20H23N3O. The van der Waals surface area contributed by atoms with Crippen molar-refractivity contribution in [2.45, 2.75) is 31.8 Å². The molecule has 2 aromatic carbocycles. The molecule has 0 unspecified atom stereocenters. The maximum absolute atomic E-state index is 12.5. The third-order valence-corrected chi connectivity index (χ3v) is 5.10. The van der Waals surface area contributed by atoms with Crippen LogP contribution >= 0.6 is 0 Å². The van der Waals surface area contributed by atoms with Gasteiger partial charge < -0.3 is 15.5 Å². The van der Waals surface area contributed by atoms with Gasteiger partial charge in [-0.15, -0.1) is 0 Å². The third kappa shape index (κ3) is 3.15. The Balaban J connectivity index is 1.38. The predicted octanol–water partition coefficient (Wildman–Crippen LogP) is 3.70. The molecule has 0 atom stereocenters. The maximum Gasteiger partial charge on any atom is 0.322 e. The van der Waals surface area contributed by atoms with E-state index in [2.05, 4.69) is 34.9 Å². The minimum atomic E-state index is -0.0270. The number of piperidine rings is 1. The first kappa shape index (κ1) is 15.2. The van der Waals surface area contributed by atoms with E-state index in [1.807, 2.05) is 29.2 Å². The quantitative estimate of drug-likeness (QED) is 0.886. The molecular weight excluding hydrogens is 298 g/mol. The summed E-state index contributed by atoms with van der Waals surface area (Å²) < 4.78 is 0. The summed E-state index contributed by atoms with van der Waals surface area (Å²) in [5.74, 6) is 0.643. The van der Waals surface area contributed by atoms with Crippen molar-refractivity contribution in [3.05, 3.63) is 65.2 Å². The highest BCUT2D eigenvalue weighted by atomic mass is 16.2. The lowest BCUT2D eigenvalue weighted by molar-refractivity contribution is 0.212. The average Bonchev–Trinajstić information content (AvgIpc) is 3.07. The molecule has 2 heterocycles. The molecule has 4 heteroatoms. The van der Waals surface area contributed by atoms with Gasteiger partial charge in [-0.05, 0) is 60.7 Å². The van der Waals surface area contributed by atoms with Crippen molar-refractivity contribution >= 4 is 11.7 Å². The standard InChI is InChI=1S/C20H23N3O/c24-20(23-13-17-3-1-2-4-18(17)14-23)22-19-7-5-15(6-8-19)16-9-11-21-12-10-16/h1-8,16,21H,9-14H2,(H,22,24). The Morgan fingerprint density at radius 1 is 0.958 bits per heavy atom. The molecule has 2 amide bonds. The number of amides is 2. The van der Waals surface area contributed by atoms with Crippen LogP contribution in [0.25, 0.3) is 0 Å². The molecule has 0 bridgehead atoms.